The van der Waals surface area contributed by atoms with Gasteiger partial charge in [0.2, 0.25) is 11.8 Å². The quantitative estimate of drug-likeness (QED) is 0.392. The number of ether oxygens (including phenoxy) is 1. The largest absolute Gasteiger partial charge is 0.481 e. The molecule has 2 heterocycles. The normalized spacial score (nSPS) is 14.6. The van der Waals surface area contributed by atoms with E-state index in [0.717, 1.165) is 0 Å². The Hall–Kier alpha value is -3.17. The van der Waals surface area contributed by atoms with Crippen LogP contribution in [0.4, 0.5) is 4.39 Å². The molecule has 2 aromatic rings. The van der Waals surface area contributed by atoms with Crippen molar-refractivity contribution in [3.05, 3.63) is 69.2 Å². The lowest BCUT2D eigenvalue weighted by molar-refractivity contribution is -0.132. The van der Waals surface area contributed by atoms with Crippen LogP contribution in [-0.4, -0.2) is 47.6 Å². The van der Waals surface area contributed by atoms with Crippen LogP contribution in [0.1, 0.15) is 24.0 Å². The van der Waals surface area contributed by atoms with E-state index in [1.807, 2.05) is 0 Å². The Bertz CT molecular complexity index is 1130. The summed E-state index contributed by atoms with van der Waals surface area (Å²) in [6.07, 6.45) is 3.50. The summed E-state index contributed by atoms with van der Waals surface area (Å²) >= 11 is 12.1. The lowest BCUT2D eigenvalue weighted by Gasteiger charge is -2.31. The Labute approximate surface area is 206 Å². The monoisotopic (exact) mass is 507 g/mol. The Morgan fingerprint density at radius 1 is 1.29 bits per heavy atom. The molecule has 4 N–H and O–H groups in total. The maximum Gasteiger partial charge on any atom is 0.269 e. The van der Waals surface area contributed by atoms with Crippen molar-refractivity contribution in [3.8, 4) is 5.88 Å². The van der Waals surface area contributed by atoms with E-state index < -0.39 is 11.7 Å². The van der Waals surface area contributed by atoms with Crippen molar-refractivity contribution in [3.63, 3.8) is 0 Å². The number of hydrogen-bond donors (Lipinski definition) is 3. The number of nitrogens with two attached hydrogens (primary N) is 1. The summed E-state index contributed by atoms with van der Waals surface area (Å²) in [5.41, 5.74) is 6.62. The fourth-order valence-electron chi connectivity index (χ4n) is 3.57. The number of likely N-dealkylation sites (tertiary alicyclic amines) is 1. The van der Waals surface area contributed by atoms with Gasteiger partial charge < -0.3 is 26.1 Å². The fourth-order valence-corrected chi connectivity index (χ4v) is 3.95. The number of hydrogen-bond acceptors (Lipinski definition) is 6. The molecule has 1 fully saturated rings. The summed E-state index contributed by atoms with van der Waals surface area (Å²) in [5.74, 6) is -1.04. The summed E-state index contributed by atoms with van der Waals surface area (Å²) < 4.78 is 18.4. The molecule has 0 radical (unpaired) electrons. The number of allylic oxidation sites excluding steroid dienone is 1. The average Bonchev–Trinajstić information content (AvgIpc) is 2.84. The minimum atomic E-state index is -0.426. The predicted octanol–water partition coefficient (Wildman–Crippen LogP) is 3.30. The van der Waals surface area contributed by atoms with Crippen LogP contribution in [0, 0.1) is 17.1 Å². The van der Waals surface area contributed by atoms with Gasteiger partial charge in [-0.1, -0.05) is 23.2 Å². The molecule has 8 nitrogen and oxygen atoms in total. The third-order valence-electron chi connectivity index (χ3n) is 5.49. The zero-order valence-corrected chi connectivity index (χ0v) is 19.9. The second-order valence-corrected chi connectivity index (χ2v) is 8.55. The number of pyridine rings is 1. The van der Waals surface area contributed by atoms with Crippen LogP contribution in [0.2, 0.25) is 10.0 Å². The topological polar surface area (TPSA) is 121 Å². The Morgan fingerprint density at radius 3 is 2.68 bits per heavy atom. The minimum Gasteiger partial charge on any atom is -0.481 e. The number of rotatable bonds is 7. The number of nitrogens with one attached hydrogen (secondary N) is 2. The van der Waals surface area contributed by atoms with Crippen molar-refractivity contribution >= 4 is 40.7 Å². The summed E-state index contributed by atoms with van der Waals surface area (Å²) in [5, 5.41) is 11.6. The Kier molecular flexibility index (Phi) is 8.46. The molecular formula is C23H24Cl2FN5O3. The number of carbonyl (C=O) groups excluding carboxylic acids is 2. The number of carbonyl (C=O) groups is 2. The zero-order chi connectivity index (χ0) is 24.8. The molecular weight excluding hydrogens is 484 g/mol. The van der Waals surface area contributed by atoms with E-state index in [9.17, 15) is 14.0 Å². The number of nitrogens with zero attached hydrogens (tertiary/aromatic N) is 2. The van der Waals surface area contributed by atoms with Gasteiger partial charge in [0, 0.05) is 42.2 Å². The van der Waals surface area contributed by atoms with Crippen LogP contribution in [0.25, 0.3) is 0 Å². The molecule has 180 valence electrons. The maximum absolute atomic E-state index is 13.4. The van der Waals surface area contributed by atoms with Gasteiger partial charge in [-0.05, 0) is 42.7 Å². The van der Waals surface area contributed by atoms with Crippen LogP contribution in [0.5, 0.6) is 5.88 Å². The first-order valence-electron chi connectivity index (χ1n) is 10.5. The standard InChI is InChI=1S/C23H24Cl2FN5O3/c1-34-21-9-16(18(25)12-29-21)19(27)10-20(28)23(33)31-6-4-13(5-7-31)22(32)30-11-14-8-15(26)2-3-17(14)24/h2-3,8-10,12-13,27H,4-7,11,28H2,1H3,(H,30,32). The maximum atomic E-state index is 13.4. The molecule has 1 aliphatic rings. The molecule has 3 rings (SSSR count). The Morgan fingerprint density at radius 2 is 2.00 bits per heavy atom. The number of methoxy groups -OCH3 is 1. The van der Waals surface area contributed by atoms with Gasteiger partial charge in [0.1, 0.15) is 5.82 Å². The number of halogens is 3. The smallest absolute Gasteiger partial charge is 0.269 e. The predicted molar refractivity (Wildman–Crippen MR) is 127 cm³/mol. The van der Waals surface area contributed by atoms with Crippen molar-refractivity contribution in [1.29, 1.82) is 5.41 Å². The third-order valence-corrected chi connectivity index (χ3v) is 6.16. The molecule has 1 aromatic heterocycles. The van der Waals surface area contributed by atoms with Crippen LogP contribution >= 0.6 is 23.2 Å². The van der Waals surface area contributed by atoms with E-state index in [1.54, 1.807) is 4.90 Å². The van der Waals surface area contributed by atoms with E-state index in [4.69, 9.17) is 39.1 Å². The number of amides is 2. The van der Waals surface area contributed by atoms with Crippen molar-refractivity contribution < 1.29 is 18.7 Å². The minimum absolute atomic E-state index is 0.0539. The van der Waals surface area contributed by atoms with E-state index in [1.165, 1.54) is 43.6 Å². The van der Waals surface area contributed by atoms with Gasteiger partial charge in [0.05, 0.1) is 29.7 Å². The zero-order valence-electron chi connectivity index (χ0n) is 18.4. The van der Waals surface area contributed by atoms with Gasteiger partial charge in [-0.3, -0.25) is 9.59 Å². The van der Waals surface area contributed by atoms with E-state index >= 15 is 0 Å². The summed E-state index contributed by atoms with van der Waals surface area (Å²) in [6, 6.07) is 5.47. The van der Waals surface area contributed by atoms with Crippen molar-refractivity contribution in [1.82, 2.24) is 15.2 Å². The summed E-state index contributed by atoms with van der Waals surface area (Å²) in [4.78, 5) is 30.8. The second-order valence-electron chi connectivity index (χ2n) is 7.74. The molecule has 11 heteroatoms. The van der Waals surface area contributed by atoms with Crippen molar-refractivity contribution in [2.45, 2.75) is 19.4 Å². The van der Waals surface area contributed by atoms with Crippen molar-refractivity contribution in [2.75, 3.05) is 20.2 Å². The number of aromatic nitrogens is 1. The second kappa shape index (κ2) is 11.3. The van der Waals surface area contributed by atoms with Crippen molar-refractivity contribution in [2.24, 2.45) is 11.7 Å². The van der Waals surface area contributed by atoms with E-state index in [0.29, 0.717) is 42.1 Å². The molecule has 0 saturated carbocycles. The van der Waals surface area contributed by atoms with Gasteiger partial charge in [-0.15, -0.1) is 0 Å². The summed E-state index contributed by atoms with van der Waals surface area (Å²) in [6.45, 7) is 0.793. The summed E-state index contributed by atoms with van der Waals surface area (Å²) in [7, 11) is 1.44. The molecule has 1 aliphatic heterocycles. The number of piperidine rings is 1. The van der Waals surface area contributed by atoms with Crippen LogP contribution < -0.4 is 15.8 Å². The molecule has 0 bridgehead atoms. The van der Waals surface area contributed by atoms with Crippen LogP contribution in [0.3, 0.4) is 0 Å². The lowest BCUT2D eigenvalue weighted by Crippen LogP contribution is -2.44. The molecule has 0 atom stereocenters. The number of benzene rings is 1. The molecule has 1 saturated heterocycles. The lowest BCUT2D eigenvalue weighted by atomic mass is 9.95. The van der Waals surface area contributed by atoms with Crippen LogP contribution in [0.15, 0.2) is 42.2 Å². The van der Waals surface area contributed by atoms with Gasteiger partial charge in [0.25, 0.3) is 5.91 Å². The molecule has 34 heavy (non-hydrogen) atoms. The van der Waals surface area contributed by atoms with E-state index in [-0.39, 0.29) is 40.7 Å². The SMILES string of the molecule is COc1cc(C(=N)C=C(N)C(=O)N2CCC(C(=O)NCc3cc(F)ccc3Cl)CC2)c(Cl)cn1. The first kappa shape index (κ1) is 25.5. The highest BCUT2D eigenvalue weighted by Gasteiger charge is 2.28. The van der Waals surface area contributed by atoms with Gasteiger partial charge >= 0.3 is 0 Å². The van der Waals surface area contributed by atoms with E-state index in [2.05, 4.69) is 10.3 Å². The average molecular weight is 508 g/mol. The molecule has 0 aliphatic carbocycles. The fraction of sp³-hybridized carbons (Fsp3) is 0.304. The van der Waals surface area contributed by atoms with Crippen LogP contribution in [-0.2, 0) is 16.1 Å². The molecule has 0 unspecified atom stereocenters. The molecule has 0 spiro atoms. The van der Waals surface area contributed by atoms with Gasteiger partial charge in [-0.25, -0.2) is 9.37 Å². The molecule has 2 amide bonds. The Balaban J connectivity index is 1.55. The van der Waals surface area contributed by atoms with Gasteiger partial charge in [-0.2, -0.15) is 0 Å². The highest BCUT2D eigenvalue weighted by Crippen LogP contribution is 2.22. The highest BCUT2D eigenvalue weighted by atomic mass is 35.5. The first-order chi connectivity index (χ1) is 16.2. The third kappa shape index (κ3) is 6.24. The highest BCUT2D eigenvalue weighted by molar-refractivity contribution is 6.34. The van der Waals surface area contributed by atoms with Gasteiger partial charge in [0.15, 0.2) is 0 Å². The molecule has 1 aromatic carbocycles. The first-order valence-corrected chi connectivity index (χ1v) is 11.2.